The summed E-state index contributed by atoms with van der Waals surface area (Å²) < 4.78 is 11.0. The topological polar surface area (TPSA) is 80.0 Å². The number of hydrogen-bond acceptors (Lipinski definition) is 5. The van der Waals surface area contributed by atoms with Crippen molar-refractivity contribution in [2.45, 2.75) is 19.1 Å². The SMILES string of the molecule is C[C@H]1CN(C(=O)c2cccc(-c3cc4ccccc4oc3=O)c2)C[C@@H](CO)O1. The van der Waals surface area contributed by atoms with Gasteiger partial charge in [0.15, 0.2) is 0 Å². The van der Waals surface area contributed by atoms with Crippen molar-refractivity contribution >= 4 is 16.9 Å². The second kappa shape index (κ2) is 7.58. The third kappa shape index (κ3) is 3.56. The Morgan fingerprint density at radius 1 is 1.14 bits per heavy atom. The van der Waals surface area contributed by atoms with Crippen molar-refractivity contribution in [1.82, 2.24) is 4.90 Å². The highest BCUT2D eigenvalue weighted by molar-refractivity contribution is 5.96. The van der Waals surface area contributed by atoms with Crippen molar-refractivity contribution in [2.24, 2.45) is 0 Å². The third-order valence-electron chi connectivity index (χ3n) is 4.88. The molecule has 1 amide bonds. The van der Waals surface area contributed by atoms with Gasteiger partial charge in [0.05, 0.1) is 24.4 Å². The van der Waals surface area contributed by atoms with Gasteiger partial charge in [-0.05, 0) is 36.8 Å². The van der Waals surface area contributed by atoms with Gasteiger partial charge in [-0.15, -0.1) is 0 Å². The molecule has 0 radical (unpaired) electrons. The molecule has 144 valence electrons. The van der Waals surface area contributed by atoms with Crippen molar-refractivity contribution in [3.8, 4) is 11.1 Å². The molecule has 4 rings (SSSR count). The van der Waals surface area contributed by atoms with E-state index in [1.165, 1.54) is 0 Å². The summed E-state index contributed by atoms with van der Waals surface area (Å²) in [6, 6.07) is 16.1. The first-order valence-corrected chi connectivity index (χ1v) is 9.24. The number of benzene rings is 2. The Balaban J connectivity index is 1.67. The van der Waals surface area contributed by atoms with Gasteiger partial charge >= 0.3 is 5.63 Å². The lowest BCUT2D eigenvalue weighted by atomic mass is 10.0. The quantitative estimate of drug-likeness (QED) is 0.708. The summed E-state index contributed by atoms with van der Waals surface area (Å²) in [6.45, 7) is 2.53. The Kier molecular flexibility index (Phi) is 4.98. The van der Waals surface area contributed by atoms with E-state index in [9.17, 15) is 14.7 Å². The van der Waals surface area contributed by atoms with Gasteiger partial charge in [0, 0.05) is 24.0 Å². The Bertz CT molecular complexity index is 1070. The second-order valence-electron chi connectivity index (χ2n) is 7.03. The molecule has 3 aromatic rings. The van der Waals surface area contributed by atoms with Crippen LogP contribution < -0.4 is 5.63 Å². The molecule has 2 atom stereocenters. The zero-order valence-electron chi connectivity index (χ0n) is 15.5. The fourth-order valence-electron chi connectivity index (χ4n) is 3.58. The van der Waals surface area contributed by atoms with Crippen LogP contribution in [-0.4, -0.2) is 47.8 Å². The molecule has 0 bridgehead atoms. The Labute approximate surface area is 162 Å². The Morgan fingerprint density at radius 2 is 1.96 bits per heavy atom. The number of fused-ring (bicyclic) bond motifs is 1. The molecule has 1 saturated heterocycles. The van der Waals surface area contributed by atoms with Gasteiger partial charge in [-0.3, -0.25) is 4.79 Å². The van der Waals surface area contributed by atoms with E-state index in [-0.39, 0.29) is 24.7 Å². The van der Waals surface area contributed by atoms with Crippen LogP contribution in [0.4, 0.5) is 0 Å². The summed E-state index contributed by atoms with van der Waals surface area (Å²) in [7, 11) is 0. The number of nitrogens with zero attached hydrogens (tertiary/aromatic N) is 1. The largest absolute Gasteiger partial charge is 0.422 e. The van der Waals surface area contributed by atoms with E-state index >= 15 is 0 Å². The summed E-state index contributed by atoms with van der Waals surface area (Å²) in [4.78, 5) is 27.1. The number of morpholine rings is 1. The number of ether oxygens (including phenoxy) is 1. The molecule has 1 aliphatic rings. The van der Waals surface area contributed by atoms with E-state index in [0.29, 0.717) is 35.4 Å². The van der Waals surface area contributed by atoms with E-state index in [2.05, 4.69) is 0 Å². The van der Waals surface area contributed by atoms with E-state index < -0.39 is 5.63 Å². The van der Waals surface area contributed by atoms with Crippen LogP contribution in [-0.2, 0) is 4.74 Å². The predicted octanol–water partition coefficient (Wildman–Crippen LogP) is 2.68. The molecule has 0 spiro atoms. The molecule has 1 aliphatic heterocycles. The molecule has 1 aromatic heterocycles. The van der Waals surface area contributed by atoms with Crippen LogP contribution in [0.1, 0.15) is 17.3 Å². The van der Waals surface area contributed by atoms with Crippen molar-refractivity contribution < 1.29 is 19.1 Å². The van der Waals surface area contributed by atoms with E-state index in [0.717, 1.165) is 5.39 Å². The predicted molar refractivity (Wildman–Crippen MR) is 105 cm³/mol. The normalized spacial score (nSPS) is 19.7. The molecule has 6 heteroatoms. The molecule has 0 unspecified atom stereocenters. The smallest absolute Gasteiger partial charge is 0.344 e. The van der Waals surface area contributed by atoms with Gasteiger partial charge in [0.25, 0.3) is 5.91 Å². The highest BCUT2D eigenvalue weighted by Crippen LogP contribution is 2.23. The van der Waals surface area contributed by atoms with E-state index in [1.807, 2.05) is 25.1 Å². The number of amides is 1. The molecular formula is C22H21NO5. The summed E-state index contributed by atoms with van der Waals surface area (Å²) >= 11 is 0. The number of aliphatic hydroxyl groups is 1. The Morgan fingerprint density at radius 3 is 2.79 bits per heavy atom. The lowest BCUT2D eigenvalue weighted by Crippen LogP contribution is -2.50. The lowest BCUT2D eigenvalue weighted by Gasteiger charge is -2.36. The average molecular weight is 379 g/mol. The van der Waals surface area contributed by atoms with Crippen LogP contribution in [0.15, 0.2) is 63.8 Å². The first kappa shape index (κ1) is 18.4. The second-order valence-corrected chi connectivity index (χ2v) is 7.03. The number of carbonyl (C=O) groups excluding carboxylic acids is 1. The first-order valence-electron chi connectivity index (χ1n) is 9.24. The number of aliphatic hydroxyl groups excluding tert-OH is 1. The number of para-hydroxylation sites is 1. The molecule has 6 nitrogen and oxygen atoms in total. The van der Waals surface area contributed by atoms with Crippen molar-refractivity contribution in [3.63, 3.8) is 0 Å². The molecule has 1 N–H and O–H groups in total. The maximum absolute atomic E-state index is 13.0. The molecule has 0 saturated carbocycles. The van der Waals surface area contributed by atoms with E-state index in [1.54, 1.807) is 41.3 Å². The van der Waals surface area contributed by atoms with Crippen LogP contribution in [0.2, 0.25) is 0 Å². The van der Waals surface area contributed by atoms with Gasteiger partial charge in [-0.1, -0.05) is 30.3 Å². The summed E-state index contributed by atoms with van der Waals surface area (Å²) in [5.74, 6) is -0.152. The molecule has 2 heterocycles. The Hall–Kier alpha value is -2.96. The van der Waals surface area contributed by atoms with Crippen LogP contribution in [0.5, 0.6) is 0 Å². The van der Waals surface area contributed by atoms with Gasteiger partial charge in [-0.25, -0.2) is 4.79 Å². The van der Waals surface area contributed by atoms with Crippen molar-refractivity contribution in [1.29, 1.82) is 0 Å². The minimum absolute atomic E-state index is 0.133. The maximum Gasteiger partial charge on any atom is 0.344 e. The molecule has 0 aliphatic carbocycles. The summed E-state index contributed by atoms with van der Waals surface area (Å²) in [5.41, 5.74) is 1.61. The fraction of sp³-hybridized carbons (Fsp3) is 0.273. The summed E-state index contributed by atoms with van der Waals surface area (Å²) in [5, 5.41) is 10.2. The van der Waals surface area contributed by atoms with Gasteiger partial charge < -0.3 is 19.2 Å². The third-order valence-corrected chi connectivity index (χ3v) is 4.88. The molecule has 28 heavy (non-hydrogen) atoms. The zero-order valence-corrected chi connectivity index (χ0v) is 15.5. The first-order chi connectivity index (χ1) is 13.5. The highest BCUT2D eigenvalue weighted by Gasteiger charge is 2.28. The highest BCUT2D eigenvalue weighted by atomic mass is 16.5. The number of carbonyl (C=O) groups is 1. The minimum atomic E-state index is -0.441. The monoisotopic (exact) mass is 379 g/mol. The van der Waals surface area contributed by atoms with Gasteiger partial charge in [-0.2, -0.15) is 0 Å². The maximum atomic E-state index is 13.0. The molecule has 2 aromatic carbocycles. The lowest BCUT2D eigenvalue weighted by molar-refractivity contribution is -0.0858. The van der Waals surface area contributed by atoms with Crippen LogP contribution in [0.25, 0.3) is 22.1 Å². The average Bonchev–Trinajstić information content (AvgIpc) is 2.72. The molecule has 1 fully saturated rings. The van der Waals surface area contributed by atoms with Crippen LogP contribution in [0.3, 0.4) is 0 Å². The zero-order chi connectivity index (χ0) is 19.7. The van der Waals surface area contributed by atoms with Crippen molar-refractivity contribution in [2.75, 3.05) is 19.7 Å². The van der Waals surface area contributed by atoms with Gasteiger partial charge in [0.2, 0.25) is 0 Å². The fourth-order valence-corrected chi connectivity index (χ4v) is 3.58. The number of rotatable bonds is 3. The van der Waals surface area contributed by atoms with Crippen LogP contribution in [0, 0.1) is 0 Å². The van der Waals surface area contributed by atoms with E-state index in [4.69, 9.17) is 9.15 Å². The minimum Gasteiger partial charge on any atom is -0.422 e. The number of hydrogen-bond donors (Lipinski definition) is 1. The van der Waals surface area contributed by atoms with Crippen molar-refractivity contribution in [3.05, 3.63) is 70.6 Å². The summed E-state index contributed by atoms with van der Waals surface area (Å²) in [6.07, 6.45) is -0.533. The standard InChI is InChI=1S/C22H21NO5/c1-14-11-23(12-18(13-24)27-14)21(25)17-7-4-6-15(9-17)19-10-16-5-2-3-8-20(16)28-22(19)26/h2-10,14,18,24H,11-13H2,1H3/t14-,18-/m0/s1. The molecular weight excluding hydrogens is 358 g/mol. The van der Waals surface area contributed by atoms with Gasteiger partial charge in [0.1, 0.15) is 5.58 Å². The van der Waals surface area contributed by atoms with Crippen LogP contribution >= 0.6 is 0 Å².